The number of halogens is 1. The maximum Gasteiger partial charge on any atom is 0.162 e. The summed E-state index contributed by atoms with van der Waals surface area (Å²) in [7, 11) is 1.74. The van der Waals surface area contributed by atoms with Crippen LogP contribution >= 0.6 is 15.9 Å². The van der Waals surface area contributed by atoms with Crippen LogP contribution < -0.4 is 5.73 Å². The van der Waals surface area contributed by atoms with Crippen LogP contribution in [0, 0.1) is 5.41 Å². The Morgan fingerprint density at radius 1 is 1.28 bits per heavy atom. The quantitative estimate of drug-likeness (QED) is 0.910. The Labute approximate surface area is 116 Å². The normalized spacial score (nSPS) is 21.8. The van der Waals surface area contributed by atoms with Gasteiger partial charge in [0.15, 0.2) is 5.82 Å². The maximum absolute atomic E-state index is 5.84. The van der Waals surface area contributed by atoms with Crippen molar-refractivity contribution in [2.24, 2.45) is 5.41 Å². The monoisotopic (exact) mass is 313 g/mol. The molecule has 2 rings (SSSR count). The van der Waals surface area contributed by atoms with Crippen LogP contribution in [0.25, 0.3) is 0 Å². The van der Waals surface area contributed by atoms with E-state index in [4.69, 9.17) is 10.5 Å². The van der Waals surface area contributed by atoms with Gasteiger partial charge in [0.1, 0.15) is 11.4 Å². The predicted octanol–water partition coefficient (Wildman–Crippen LogP) is 3.26. The second-order valence-electron chi connectivity index (χ2n) is 5.79. The van der Waals surface area contributed by atoms with Gasteiger partial charge in [-0.1, -0.05) is 13.8 Å². The van der Waals surface area contributed by atoms with E-state index in [-0.39, 0.29) is 5.60 Å². The van der Waals surface area contributed by atoms with Gasteiger partial charge in [-0.3, -0.25) is 0 Å². The SMILES string of the molecule is COC1(c2ncc(Br)c(N)n2)CCC(C)(C)CC1. The first kappa shape index (κ1) is 13.7. The van der Waals surface area contributed by atoms with Crippen LogP contribution in [-0.4, -0.2) is 17.1 Å². The number of hydrogen-bond donors (Lipinski definition) is 1. The number of ether oxygens (including phenoxy) is 1. The third-order valence-electron chi connectivity index (χ3n) is 3.98. The molecule has 2 N–H and O–H groups in total. The lowest BCUT2D eigenvalue weighted by Gasteiger charge is -2.41. The summed E-state index contributed by atoms with van der Waals surface area (Å²) < 4.78 is 6.49. The molecule has 0 bridgehead atoms. The molecule has 0 radical (unpaired) electrons. The predicted molar refractivity (Wildman–Crippen MR) is 75.1 cm³/mol. The first-order chi connectivity index (χ1) is 8.38. The van der Waals surface area contributed by atoms with Gasteiger partial charge in [0, 0.05) is 13.3 Å². The topological polar surface area (TPSA) is 61.0 Å². The minimum atomic E-state index is -0.371. The van der Waals surface area contributed by atoms with Crippen LogP contribution in [0.1, 0.15) is 45.4 Å². The van der Waals surface area contributed by atoms with E-state index in [1.807, 2.05) is 0 Å². The fraction of sp³-hybridized carbons (Fsp3) is 0.692. The van der Waals surface area contributed by atoms with Crippen molar-refractivity contribution in [3.05, 3.63) is 16.5 Å². The molecule has 1 aromatic rings. The number of anilines is 1. The highest BCUT2D eigenvalue weighted by Crippen LogP contribution is 2.46. The number of rotatable bonds is 2. The van der Waals surface area contributed by atoms with Gasteiger partial charge in [-0.25, -0.2) is 9.97 Å². The number of nitrogen functional groups attached to an aromatic ring is 1. The van der Waals surface area contributed by atoms with E-state index >= 15 is 0 Å². The smallest absolute Gasteiger partial charge is 0.162 e. The van der Waals surface area contributed by atoms with Gasteiger partial charge < -0.3 is 10.5 Å². The fourth-order valence-electron chi connectivity index (χ4n) is 2.45. The second-order valence-corrected chi connectivity index (χ2v) is 6.64. The fourth-order valence-corrected chi connectivity index (χ4v) is 2.64. The van der Waals surface area contributed by atoms with E-state index in [0.717, 1.165) is 30.2 Å². The summed E-state index contributed by atoms with van der Waals surface area (Å²) in [6.45, 7) is 4.59. The van der Waals surface area contributed by atoms with Gasteiger partial charge in [0.2, 0.25) is 0 Å². The molecule has 1 aromatic heterocycles. The van der Waals surface area contributed by atoms with Crippen molar-refractivity contribution in [1.82, 2.24) is 9.97 Å². The molecule has 1 aliphatic carbocycles. The summed E-state index contributed by atoms with van der Waals surface area (Å²) >= 11 is 3.32. The molecule has 4 nitrogen and oxygen atoms in total. The molecule has 0 spiro atoms. The van der Waals surface area contributed by atoms with E-state index in [1.54, 1.807) is 13.3 Å². The lowest BCUT2D eigenvalue weighted by atomic mass is 9.70. The average molecular weight is 314 g/mol. The number of nitrogens with zero attached hydrogens (tertiary/aromatic N) is 2. The first-order valence-corrected chi connectivity index (χ1v) is 7.01. The van der Waals surface area contributed by atoms with E-state index < -0.39 is 0 Å². The molecule has 100 valence electrons. The van der Waals surface area contributed by atoms with Gasteiger partial charge in [-0.05, 0) is 47.0 Å². The van der Waals surface area contributed by atoms with Crippen molar-refractivity contribution < 1.29 is 4.74 Å². The highest BCUT2D eigenvalue weighted by atomic mass is 79.9. The highest BCUT2D eigenvalue weighted by Gasteiger charge is 2.42. The number of nitrogens with two attached hydrogens (primary N) is 1. The largest absolute Gasteiger partial charge is 0.383 e. The lowest BCUT2D eigenvalue weighted by molar-refractivity contribution is -0.0728. The van der Waals surface area contributed by atoms with Crippen molar-refractivity contribution in [2.75, 3.05) is 12.8 Å². The standard InChI is InChI=1S/C13H20BrN3O/c1-12(2)4-6-13(18-3,7-5-12)11-16-8-9(14)10(15)17-11/h8H,4-7H2,1-3H3,(H2,15,16,17). The molecule has 0 aromatic carbocycles. The van der Waals surface area contributed by atoms with Crippen LogP contribution in [0.5, 0.6) is 0 Å². The van der Waals surface area contributed by atoms with E-state index in [2.05, 4.69) is 39.7 Å². The number of aromatic nitrogens is 2. The molecule has 1 aliphatic rings. The van der Waals surface area contributed by atoms with Crippen molar-refractivity contribution in [1.29, 1.82) is 0 Å². The minimum Gasteiger partial charge on any atom is -0.383 e. The van der Waals surface area contributed by atoms with E-state index in [0.29, 0.717) is 17.1 Å². The van der Waals surface area contributed by atoms with Crippen molar-refractivity contribution in [3.8, 4) is 0 Å². The first-order valence-electron chi connectivity index (χ1n) is 6.22. The summed E-state index contributed by atoms with van der Waals surface area (Å²) in [5.41, 5.74) is 5.85. The molecular weight excluding hydrogens is 294 g/mol. The lowest BCUT2D eigenvalue weighted by Crippen LogP contribution is -2.38. The van der Waals surface area contributed by atoms with Crippen molar-refractivity contribution >= 4 is 21.7 Å². The van der Waals surface area contributed by atoms with Crippen LogP contribution in [0.15, 0.2) is 10.7 Å². The molecule has 18 heavy (non-hydrogen) atoms. The summed E-state index contributed by atoms with van der Waals surface area (Å²) in [6.07, 6.45) is 5.81. The molecule has 1 saturated carbocycles. The van der Waals surface area contributed by atoms with Gasteiger partial charge in [-0.15, -0.1) is 0 Å². The van der Waals surface area contributed by atoms with Crippen LogP contribution in [0.3, 0.4) is 0 Å². The Kier molecular flexibility index (Phi) is 3.65. The summed E-state index contributed by atoms with van der Waals surface area (Å²) in [6, 6.07) is 0. The number of hydrogen-bond acceptors (Lipinski definition) is 4. The van der Waals surface area contributed by atoms with Gasteiger partial charge in [0.25, 0.3) is 0 Å². The Bertz CT molecular complexity index is 438. The van der Waals surface area contributed by atoms with Gasteiger partial charge in [-0.2, -0.15) is 0 Å². The highest BCUT2D eigenvalue weighted by molar-refractivity contribution is 9.10. The van der Waals surface area contributed by atoms with Gasteiger partial charge in [0.05, 0.1) is 4.47 Å². The molecule has 0 atom stereocenters. The number of methoxy groups -OCH3 is 1. The third kappa shape index (κ3) is 2.52. The molecule has 0 amide bonds. The average Bonchev–Trinajstić information content (AvgIpc) is 2.34. The Morgan fingerprint density at radius 2 is 1.89 bits per heavy atom. The van der Waals surface area contributed by atoms with Gasteiger partial charge >= 0.3 is 0 Å². The second kappa shape index (κ2) is 4.78. The molecule has 5 heteroatoms. The maximum atomic E-state index is 5.84. The zero-order chi connectivity index (χ0) is 13.4. The van der Waals surface area contributed by atoms with E-state index in [9.17, 15) is 0 Å². The van der Waals surface area contributed by atoms with Crippen molar-refractivity contribution in [3.63, 3.8) is 0 Å². The molecule has 0 saturated heterocycles. The summed E-state index contributed by atoms with van der Waals surface area (Å²) in [5, 5.41) is 0. The van der Waals surface area contributed by atoms with Crippen LogP contribution in [-0.2, 0) is 10.3 Å². The minimum absolute atomic E-state index is 0.371. The Hall–Kier alpha value is -0.680. The Morgan fingerprint density at radius 3 is 2.39 bits per heavy atom. The zero-order valence-corrected chi connectivity index (χ0v) is 12.7. The molecule has 0 aliphatic heterocycles. The molecular formula is C13H20BrN3O. The van der Waals surface area contributed by atoms with Crippen LogP contribution in [0.4, 0.5) is 5.82 Å². The van der Waals surface area contributed by atoms with Crippen molar-refractivity contribution in [2.45, 2.75) is 45.1 Å². The summed E-state index contributed by atoms with van der Waals surface area (Å²) in [5.74, 6) is 1.18. The molecule has 1 heterocycles. The Balaban J connectivity index is 2.30. The summed E-state index contributed by atoms with van der Waals surface area (Å²) in [4.78, 5) is 8.77. The zero-order valence-electron chi connectivity index (χ0n) is 11.2. The van der Waals surface area contributed by atoms with Crippen LogP contribution in [0.2, 0.25) is 0 Å². The third-order valence-corrected chi connectivity index (χ3v) is 4.59. The molecule has 1 fully saturated rings. The molecule has 0 unspecified atom stereocenters. The van der Waals surface area contributed by atoms with E-state index in [1.165, 1.54) is 0 Å².